The molecule has 3 aromatic rings. The molecule has 0 aliphatic rings. The number of amides is 1. The second-order valence-electron chi connectivity index (χ2n) is 8.25. The minimum atomic E-state index is -4.72. The van der Waals surface area contributed by atoms with Gasteiger partial charge in [0.15, 0.2) is 11.5 Å². The molecule has 0 fully saturated rings. The SMILES string of the molecule is CC[C@@H](C)N(Cc1ccc(OC)c(OS(=O)(=O)c2cccc(C(F)(F)F)c2)c1)C(=O)c1ccc(Br)cc1. The first-order chi connectivity index (χ1) is 17.4. The summed E-state index contributed by atoms with van der Waals surface area (Å²) in [5.41, 5.74) is -0.0880. The van der Waals surface area contributed by atoms with E-state index in [0.717, 1.165) is 22.7 Å². The molecule has 0 saturated heterocycles. The van der Waals surface area contributed by atoms with E-state index in [2.05, 4.69) is 15.9 Å². The lowest BCUT2D eigenvalue weighted by atomic mass is 10.1. The molecule has 1 amide bonds. The molecule has 11 heteroatoms. The topological polar surface area (TPSA) is 72.9 Å². The number of carbonyl (C=O) groups excluding carboxylic acids is 1. The highest BCUT2D eigenvalue weighted by Crippen LogP contribution is 2.34. The lowest BCUT2D eigenvalue weighted by Crippen LogP contribution is -2.37. The first kappa shape index (κ1) is 28.5. The summed E-state index contributed by atoms with van der Waals surface area (Å²) < 4.78 is 76.2. The van der Waals surface area contributed by atoms with E-state index in [0.29, 0.717) is 23.6 Å². The van der Waals surface area contributed by atoms with Gasteiger partial charge in [-0.3, -0.25) is 4.79 Å². The fourth-order valence-corrected chi connectivity index (χ4v) is 4.73. The van der Waals surface area contributed by atoms with Crippen molar-refractivity contribution in [2.75, 3.05) is 7.11 Å². The van der Waals surface area contributed by atoms with E-state index >= 15 is 0 Å². The summed E-state index contributed by atoms with van der Waals surface area (Å²) in [5.74, 6) is -0.358. The highest BCUT2D eigenvalue weighted by Gasteiger charge is 2.32. The fourth-order valence-electron chi connectivity index (χ4n) is 3.48. The molecule has 1 atom stereocenters. The number of hydrogen-bond donors (Lipinski definition) is 0. The van der Waals surface area contributed by atoms with Gasteiger partial charge in [0.05, 0.1) is 12.7 Å². The molecule has 6 nitrogen and oxygen atoms in total. The maximum absolute atomic E-state index is 13.3. The number of methoxy groups -OCH3 is 1. The van der Waals surface area contributed by atoms with Crippen LogP contribution in [0.2, 0.25) is 0 Å². The number of benzene rings is 3. The fraction of sp³-hybridized carbons (Fsp3) is 0.269. The Kier molecular flexibility index (Phi) is 8.91. The molecule has 0 bridgehead atoms. The van der Waals surface area contributed by atoms with Crippen LogP contribution in [-0.2, 0) is 22.8 Å². The normalized spacial score (nSPS) is 12.6. The molecule has 198 valence electrons. The van der Waals surface area contributed by atoms with Crippen LogP contribution in [0.3, 0.4) is 0 Å². The molecule has 0 aromatic heterocycles. The highest BCUT2D eigenvalue weighted by atomic mass is 79.9. The van der Waals surface area contributed by atoms with Gasteiger partial charge in [0.2, 0.25) is 0 Å². The van der Waals surface area contributed by atoms with Gasteiger partial charge >= 0.3 is 16.3 Å². The standard InChI is InChI=1S/C26H25BrF3NO5S/c1-4-17(2)31(25(32)19-9-11-21(27)12-10-19)16-18-8-13-23(35-3)24(14-18)36-37(33,34)22-7-5-6-20(15-22)26(28,29)30/h5-15,17H,4,16H2,1-3H3/t17-/m1/s1. The van der Waals surface area contributed by atoms with Crippen molar-refractivity contribution in [1.29, 1.82) is 0 Å². The molecule has 0 spiro atoms. The van der Waals surface area contributed by atoms with Crippen LogP contribution in [0, 0.1) is 0 Å². The van der Waals surface area contributed by atoms with Crippen LogP contribution < -0.4 is 8.92 Å². The van der Waals surface area contributed by atoms with Crippen molar-refractivity contribution in [1.82, 2.24) is 4.90 Å². The summed E-state index contributed by atoms with van der Waals surface area (Å²) in [6, 6.07) is 14.6. The van der Waals surface area contributed by atoms with Crippen LogP contribution in [0.4, 0.5) is 13.2 Å². The average molecular weight is 600 g/mol. The highest BCUT2D eigenvalue weighted by molar-refractivity contribution is 9.10. The van der Waals surface area contributed by atoms with Crippen molar-refractivity contribution in [2.45, 2.75) is 43.9 Å². The number of hydrogen-bond acceptors (Lipinski definition) is 5. The van der Waals surface area contributed by atoms with Crippen molar-refractivity contribution in [3.05, 3.63) is 87.9 Å². The molecule has 0 radical (unpaired) electrons. The van der Waals surface area contributed by atoms with E-state index in [1.54, 1.807) is 35.2 Å². The molecular formula is C26H25BrF3NO5S. The van der Waals surface area contributed by atoms with E-state index in [1.807, 2.05) is 13.8 Å². The zero-order chi connectivity index (χ0) is 27.4. The van der Waals surface area contributed by atoms with Crippen molar-refractivity contribution >= 4 is 32.0 Å². The first-order valence-corrected chi connectivity index (χ1v) is 13.4. The largest absolute Gasteiger partial charge is 0.493 e. The van der Waals surface area contributed by atoms with Crippen LogP contribution in [0.5, 0.6) is 11.5 Å². The van der Waals surface area contributed by atoms with Crippen LogP contribution in [-0.4, -0.2) is 32.4 Å². The summed E-state index contributed by atoms with van der Waals surface area (Å²) in [5, 5.41) is 0. The monoisotopic (exact) mass is 599 g/mol. The zero-order valence-corrected chi connectivity index (χ0v) is 22.7. The molecule has 0 aliphatic heterocycles. The van der Waals surface area contributed by atoms with E-state index in [4.69, 9.17) is 8.92 Å². The van der Waals surface area contributed by atoms with E-state index in [9.17, 15) is 26.4 Å². The van der Waals surface area contributed by atoms with E-state index in [-0.39, 0.29) is 30.0 Å². The van der Waals surface area contributed by atoms with Crippen molar-refractivity contribution in [3.8, 4) is 11.5 Å². The number of ether oxygens (including phenoxy) is 1. The third-order valence-corrected chi connectivity index (χ3v) is 7.46. The zero-order valence-electron chi connectivity index (χ0n) is 20.3. The van der Waals surface area contributed by atoms with Crippen LogP contribution in [0.1, 0.15) is 41.8 Å². The molecule has 37 heavy (non-hydrogen) atoms. The number of carbonyl (C=O) groups is 1. The minimum Gasteiger partial charge on any atom is -0.493 e. The van der Waals surface area contributed by atoms with Crippen molar-refractivity contribution in [3.63, 3.8) is 0 Å². The molecule has 0 unspecified atom stereocenters. The third kappa shape index (κ3) is 7.04. The number of nitrogens with zero attached hydrogens (tertiary/aromatic N) is 1. The van der Waals surface area contributed by atoms with E-state index in [1.165, 1.54) is 19.2 Å². The number of halogens is 4. The van der Waals surface area contributed by atoms with Gasteiger partial charge in [-0.25, -0.2) is 0 Å². The van der Waals surface area contributed by atoms with Gasteiger partial charge in [0.25, 0.3) is 5.91 Å². The maximum Gasteiger partial charge on any atom is 0.416 e. The lowest BCUT2D eigenvalue weighted by molar-refractivity contribution is -0.137. The van der Waals surface area contributed by atoms with Gasteiger partial charge < -0.3 is 13.8 Å². The first-order valence-electron chi connectivity index (χ1n) is 11.2. The Morgan fingerprint density at radius 2 is 1.70 bits per heavy atom. The van der Waals surface area contributed by atoms with Crippen LogP contribution >= 0.6 is 15.9 Å². The molecule has 3 aromatic carbocycles. The predicted octanol–water partition coefficient (Wildman–Crippen LogP) is 6.69. The molecule has 0 N–H and O–H groups in total. The Morgan fingerprint density at radius 1 is 1.03 bits per heavy atom. The summed E-state index contributed by atoms with van der Waals surface area (Å²) in [4.78, 5) is 14.3. The average Bonchev–Trinajstić information content (AvgIpc) is 2.86. The molecule has 3 rings (SSSR count). The summed E-state index contributed by atoms with van der Waals surface area (Å²) in [6.07, 6.45) is -4.05. The summed E-state index contributed by atoms with van der Waals surface area (Å²) >= 11 is 3.35. The number of alkyl halides is 3. The molecule has 0 heterocycles. The van der Waals surface area contributed by atoms with Gasteiger partial charge in [-0.1, -0.05) is 35.0 Å². The second-order valence-corrected chi connectivity index (χ2v) is 10.7. The minimum absolute atomic E-state index is 0.0635. The summed E-state index contributed by atoms with van der Waals surface area (Å²) in [6.45, 7) is 3.97. The van der Waals surface area contributed by atoms with Gasteiger partial charge in [0, 0.05) is 22.6 Å². The Bertz CT molecular complexity index is 1360. The van der Waals surface area contributed by atoms with Crippen LogP contribution in [0.15, 0.2) is 76.1 Å². The Hall–Kier alpha value is -3.05. The third-order valence-electron chi connectivity index (χ3n) is 5.71. The van der Waals surface area contributed by atoms with Gasteiger partial charge in [-0.2, -0.15) is 21.6 Å². The van der Waals surface area contributed by atoms with Gasteiger partial charge in [0.1, 0.15) is 4.90 Å². The maximum atomic E-state index is 13.3. The van der Waals surface area contributed by atoms with Crippen molar-refractivity contribution in [2.24, 2.45) is 0 Å². The smallest absolute Gasteiger partial charge is 0.416 e. The second kappa shape index (κ2) is 11.6. The van der Waals surface area contributed by atoms with Gasteiger partial charge in [-0.15, -0.1) is 0 Å². The summed E-state index contributed by atoms with van der Waals surface area (Å²) in [7, 11) is -3.32. The Balaban J connectivity index is 1.93. The van der Waals surface area contributed by atoms with E-state index < -0.39 is 26.8 Å². The molecule has 0 saturated carbocycles. The Labute approximate surface area is 222 Å². The quantitative estimate of drug-likeness (QED) is 0.256. The van der Waals surface area contributed by atoms with Gasteiger partial charge in [-0.05, 0) is 73.5 Å². The van der Waals surface area contributed by atoms with Crippen LogP contribution in [0.25, 0.3) is 0 Å². The Morgan fingerprint density at radius 3 is 2.30 bits per heavy atom. The predicted molar refractivity (Wildman–Crippen MR) is 136 cm³/mol. The molecule has 0 aliphatic carbocycles. The number of rotatable bonds is 9. The van der Waals surface area contributed by atoms with Crippen molar-refractivity contribution < 1.29 is 35.3 Å². The lowest BCUT2D eigenvalue weighted by Gasteiger charge is -2.29. The molecular weight excluding hydrogens is 575 g/mol.